The Morgan fingerprint density at radius 1 is 1.35 bits per heavy atom. The largest absolute Gasteiger partial charge is 0.497 e. The van der Waals surface area contributed by atoms with Crippen molar-refractivity contribution in [2.45, 2.75) is 39.9 Å². The monoisotopic (exact) mass is 323 g/mol. The Kier molecular flexibility index (Phi) is 7.03. The van der Waals surface area contributed by atoms with Crippen molar-refractivity contribution in [3.63, 3.8) is 0 Å². The fraction of sp³-hybridized carbons (Fsp3) is 0.529. The number of carboxylic acids is 1. The summed E-state index contributed by atoms with van der Waals surface area (Å²) in [5.41, 5.74) is 0.0498. The number of carbonyl (C=O) groups is 2. The Balaban J connectivity index is 2.38. The molecule has 6 nitrogen and oxygen atoms in total. The van der Waals surface area contributed by atoms with Gasteiger partial charge in [0.25, 0.3) is 0 Å². The number of aliphatic carboxylic acids is 1. The maximum Gasteiger partial charge on any atom is 0.309 e. The van der Waals surface area contributed by atoms with Crippen molar-refractivity contribution in [2.24, 2.45) is 5.41 Å². The highest BCUT2D eigenvalue weighted by molar-refractivity contribution is 5.80. The van der Waals surface area contributed by atoms with Crippen LogP contribution in [0.2, 0.25) is 0 Å². The first-order chi connectivity index (χ1) is 10.8. The number of hydrogen-bond acceptors (Lipinski definition) is 4. The van der Waals surface area contributed by atoms with Crippen LogP contribution in [-0.2, 0) is 20.9 Å². The SMILES string of the molecule is COc1cccc(COC(C)C(=O)NCCC(C)(C)C(=O)O)c1. The van der Waals surface area contributed by atoms with Gasteiger partial charge in [-0.2, -0.15) is 0 Å². The first-order valence-electron chi connectivity index (χ1n) is 7.52. The highest BCUT2D eigenvalue weighted by atomic mass is 16.5. The van der Waals surface area contributed by atoms with Gasteiger partial charge in [-0.1, -0.05) is 12.1 Å². The summed E-state index contributed by atoms with van der Waals surface area (Å²) in [5.74, 6) is -0.401. The first kappa shape index (κ1) is 19.0. The third-order valence-corrected chi connectivity index (χ3v) is 3.63. The van der Waals surface area contributed by atoms with E-state index in [4.69, 9.17) is 14.6 Å². The third-order valence-electron chi connectivity index (χ3n) is 3.63. The maximum atomic E-state index is 11.9. The van der Waals surface area contributed by atoms with Crippen LogP contribution in [0, 0.1) is 5.41 Å². The Morgan fingerprint density at radius 2 is 2.04 bits per heavy atom. The van der Waals surface area contributed by atoms with Gasteiger partial charge in [0.05, 0.1) is 19.1 Å². The molecule has 1 aromatic rings. The summed E-state index contributed by atoms with van der Waals surface area (Å²) >= 11 is 0. The molecule has 0 saturated heterocycles. The van der Waals surface area contributed by atoms with Crippen LogP contribution >= 0.6 is 0 Å². The molecule has 1 aromatic carbocycles. The molecule has 23 heavy (non-hydrogen) atoms. The summed E-state index contributed by atoms with van der Waals surface area (Å²) in [6.45, 7) is 5.52. The average molecular weight is 323 g/mol. The molecule has 0 saturated carbocycles. The Labute approximate surface area is 136 Å². The number of ether oxygens (including phenoxy) is 2. The summed E-state index contributed by atoms with van der Waals surface area (Å²) in [5, 5.41) is 11.7. The average Bonchev–Trinajstić information content (AvgIpc) is 2.52. The van der Waals surface area contributed by atoms with Crippen LogP contribution in [0.3, 0.4) is 0 Å². The van der Waals surface area contributed by atoms with Crippen LogP contribution in [0.1, 0.15) is 32.8 Å². The van der Waals surface area contributed by atoms with Crippen LogP contribution in [0.25, 0.3) is 0 Å². The molecule has 0 heterocycles. The Bertz CT molecular complexity index is 542. The van der Waals surface area contributed by atoms with Crippen molar-refractivity contribution >= 4 is 11.9 Å². The quantitative estimate of drug-likeness (QED) is 0.728. The smallest absolute Gasteiger partial charge is 0.309 e. The number of nitrogens with one attached hydrogen (secondary N) is 1. The van der Waals surface area contributed by atoms with Crippen LogP contribution in [0.5, 0.6) is 5.75 Å². The zero-order valence-corrected chi connectivity index (χ0v) is 14.1. The Morgan fingerprint density at radius 3 is 2.65 bits per heavy atom. The number of methoxy groups -OCH3 is 1. The zero-order chi connectivity index (χ0) is 17.5. The molecular formula is C17H25NO5. The van der Waals surface area contributed by atoms with E-state index < -0.39 is 17.5 Å². The number of carboxylic acid groups (broad SMARTS) is 1. The molecule has 1 unspecified atom stereocenters. The molecule has 1 amide bonds. The number of benzene rings is 1. The Hall–Kier alpha value is -2.08. The highest BCUT2D eigenvalue weighted by Crippen LogP contribution is 2.19. The molecule has 0 aromatic heterocycles. The van der Waals surface area contributed by atoms with Gasteiger partial charge < -0.3 is 19.9 Å². The van der Waals surface area contributed by atoms with E-state index in [1.165, 1.54) is 0 Å². The second-order valence-electron chi connectivity index (χ2n) is 6.03. The molecule has 6 heteroatoms. The second-order valence-corrected chi connectivity index (χ2v) is 6.03. The van der Waals surface area contributed by atoms with E-state index >= 15 is 0 Å². The zero-order valence-electron chi connectivity index (χ0n) is 14.1. The van der Waals surface area contributed by atoms with Crippen molar-refractivity contribution < 1.29 is 24.2 Å². The van der Waals surface area contributed by atoms with E-state index in [0.717, 1.165) is 11.3 Å². The topological polar surface area (TPSA) is 84.9 Å². The van der Waals surface area contributed by atoms with Crippen molar-refractivity contribution in [1.29, 1.82) is 0 Å². The molecule has 0 bridgehead atoms. The van der Waals surface area contributed by atoms with Gasteiger partial charge in [0.1, 0.15) is 11.9 Å². The van der Waals surface area contributed by atoms with Crippen LogP contribution in [0.15, 0.2) is 24.3 Å². The molecule has 2 N–H and O–H groups in total. The molecule has 0 radical (unpaired) electrons. The standard InChI is InChI=1S/C17H25NO5/c1-12(15(19)18-9-8-17(2,3)16(20)21)23-11-13-6-5-7-14(10-13)22-4/h5-7,10,12H,8-9,11H2,1-4H3,(H,18,19)(H,20,21). The summed E-state index contributed by atoms with van der Waals surface area (Å²) < 4.78 is 10.7. The lowest BCUT2D eigenvalue weighted by atomic mass is 9.90. The van der Waals surface area contributed by atoms with Crippen molar-refractivity contribution in [3.05, 3.63) is 29.8 Å². The van der Waals surface area contributed by atoms with Crippen LogP contribution in [-0.4, -0.2) is 36.7 Å². The molecular weight excluding hydrogens is 298 g/mol. The van der Waals surface area contributed by atoms with Gasteiger partial charge >= 0.3 is 5.97 Å². The molecule has 0 aliphatic carbocycles. The minimum atomic E-state index is -0.880. The van der Waals surface area contributed by atoms with Crippen molar-refractivity contribution in [3.8, 4) is 5.75 Å². The maximum absolute atomic E-state index is 11.9. The van der Waals surface area contributed by atoms with Gasteiger partial charge in [0.2, 0.25) is 5.91 Å². The molecule has 1 rings (SSSR count). The van der Waals surface area contributed by atoms with Crippen LogP contribution < -0.4 is 10.1 Å². The highest BCUT2D eigenvalue weighted by Gasteiger charge is 2.26. The van der Waals surface area contributed by atoms with E-state index in [0.29, 0.717) is 19.6 Å². The van der Waals surface area contributed by atoms with Gasteiger partial charge in [0.15, 0.2) is 0 Å². The van der Waals surface area contributed by atoms with Gasteiger partial charge in [-0.15, -0.1) is 0 Å². The number of hydrogen-bond donors (Lipinski definition) is 2. The summed E-state index contributed by atoms with van der Waals surface area (Å²) in [4.78, 5) is 22.9. The number of rotatable bonds is 9. The van der Waals surface area contributed by atoms with Crippen molar-refractivity contribution in [1.82, 2.24) is 5.32 Å². The molecule has 0 aliphatic rings. The molecule has 0 aliphatic heterocycles. The third kappa shape index (κ3) is 6.28. The minimum absolute atomic E-state index is 0.255. The fourth-order valence-corrected chi connectivity index (χ4v) is 1.81. The summed E-state index contributed by atoms with van der Waals surface area (Å²) in [6, 6.07) is 7.43. The van der Waals surface area contributed by atoms with E-state index in [-0.39, 0.29) is 5.91 Å². The molecule has 1 atom stereocenters. The van der Waals surface area contributed by atoms with Gasteiger partial charge in [-0.25, -0.2) is 0 Å². The minimum Gasteiger partial charge on any atom is -0.497 e. The van der Waals surface area contributed by atoms with E-state index in [1.807, 2.05) is 24.3 Å². The number of amides is 1. The summed E-state index contributed by atoms with van der Waals surface area (Å²) in [6.07, 6.45) is -0.259. The van der Waals surface area contributed by atoms with Crippen LogP contribution in [0.4, 0.5) is 0 Å². The first-order valence-corrected chi connectivity index (χ1v) is 7.52. The van der Waals surface area contributed by atoms with E-state index in [9.17, 15) is 9.59 Å². The molecule has 128 valence electrons. The fourth-order valence-electron chi connectivity index (χ4n) is 1.81. The van der Waals surface area contributed by atoms with Crippen molar-refractivity contribution in [2.75, 3.05) is 13.7 Å². The predicted molar refractivity (Wildman–Crippen MR) is 86.3 cm³/mol. The molecule has 0 fully saturated rings. The lowest BCUT2D eigenvalue weighted by Crippen LogP contribution is -2.37. The predicted octanol–water partition coefficient (Wildman–Crippen LogP) is 2.22. The normalized spacial score (nSPS) is 12.5. The van der Waals surface area contributed by atoms with Gasteiger partial charge in [-0.05, 0) is 44.9 Å². The van der Waals surface area contributed by atoms with Gasteiger partial charge in [0, 0.05) is 6.54 Å². The second kappa shape index (κ2) is 8.53. The summed E-state index contributed by atoms with van der Waals surface area (Å²) in [7, 11) is 1.59. The van der Waals surface area contributed by atoms with Gasteiger partial charge in [-0.3, -0.25) is 9.59 Å². The lowest BCUT2D eigenvalue weighted by molar-refractivity contribution is -0.147. The lowest BCUT2D eigenvalue weighted by Gasteiger charge is -2.20. The van der Waals surface area contributed by atoms with E-state index in [1.54, 1.807) is 27.9 Å². The van der Waals surface area contributed by atoms with E-state index in [2.05, 4.69) is 5.32 Å². The number of carbonyl (C=O) groups excluding carboxylic acids is 1. The molecule has 0 spiro atoms.